The van der Waals surface area contributed by atoms with Gasteiger partial charge in [-0.05, 0) is 50.5 Å². The second-order valence-corrected chi connectivity index (χ2v) is 8.40. The highest BCUT2D eigenvalue weighted by atomic mass is 16.5. The Balaban J connectivity index is 1.82. The summed E-state index contributed by atoms with van der Waals surface area (Å²) < 4.78 is 13.1. The molecule has 32 heavy (non-hydrogen) atoms. The fourth-order valence-corrected chi connectivity index (χ4v) is 4.20. The highest BCUT2D eigenvalue weighted by Gasteiger charge is 2.22. The average molecular weight is 434 g/mol. The van der Waals surface area contributed by atoms with Crippen LogP contribution in [0.25, 0.3) is 10.9 Å². The SMILES string of the molecule is CC[C@@H](C)Oc1c(C=Nn2c(C3CCCCC3)nc3ccccc3c2=O)cccc1OC. The maximum Gasteiger partial charge on any atom is 0.282 e. The van der Waals surface area contributed by atoms with Gasteiger partial charge in [0, 0.05) is 11.5 Å². The largest absolute Gasteiger partial charge is 0.493 e. The third-order valence-electron chi connectivity index (χ3n) is 6.18. The molecule has 1 atom stereocenters. The summed E-state index contributed by atoms with van der Waals surface area (Å²) in [7, 11) is 1.62. The lowest BCUT2D eigenvalue weighted by Gasteiger charge is -2.23. The van der Waals surface area contributed by atoms with Crippen LogP contribution in [0.5, 0.6) is 11.5 Å². The molecule has 4 rings (SSSR count). The topological polar surface area (TPSA) is 65.7 Å². The number of nitrogens with zero attached hydrogens (tertiary/aromatic N) is 3. The number of hydrogen-bond acceptors (Lipinski definition) is 5. The molecule has 0 bridgehead atoms. The zero-order chi connectivity index (χ0) is 22.5. The van der Waals surface area contributed by atoms with Crippen LogP contribution in [0.15, 0.2) is 52.4 Å². The Kier molecular flexibility index (Phi) is 6.88. The summed E-state index contributed by atoms with van der Waals surface area (Å²) in [6.07, 6.45) is 8.18. The number of fused-ring (bicyclic) bond motifs is 1. The van der Waals surface area contributed by atoms with E-state index in [1.807, 2.05) is 49.4 Å². The van der Waals surface area contributed by atoms with Crippen molar-refractivity contribution in [2.75, 3.05) is 7.11 Å². The van der Waals surface area contributed by atoms with Gasteiger partial charge in [-0.25, -0.2) is 4.98 Å². The number of para-hydroxylation sites is 2. The first-order valence-corrected chi connectivity index (χ1v) is 11.5. The molecule has 1 heterocycles. The summed E-state index contributed by atoms with van der Waals surface area (Å²) in [6.45, 7) is 4.09. The molecule has 0 unspecified atom stereocenters. The van der Waals surface area contributed by atoms with Crippen molar-refractivity contribution >= 4 is 17.1 Å². The van der Waals surface area contributed by atoms with Crippen LogP contribution in [0.2, 0.25) is 0 Å². The summed E-state index contributed by atoms with van der Waals surface area (Å²) >= 11 is 0. The van der Waals surface area contributed by atoms with Crippen molar-refractivity contribution in [2.45, 2.75) is 64.4 Å². The van der Waals surface area contributed by atoms with Crippen LogP contribution >= 0.6 is 0 Å². The van der Waals surface area contributed by atoms with E-state index in [-0.39, 0.29) is 17.6 Å². The van der Waals surface area contributed by atoms with Crippen LogP contribution in [0, 0.1) is 0 Å². The Morgan fingerprint density at radius 1 is 1.16 bits per heavy atom. The Morgan fingerprint density at radius 2 is 1.94 bits per heavy atom. The maximum absolute atomic E-state index is 13.4. The Bertz CT molecular complexity index is 1160. The molecule has 1 fully saturated rings. The lowest BCUT2D eigenvalue weighted by Crippen LogP contribution is -2.25. The fourth-order valence-electron chi connectivity index (χ4n) is 4.20. The molecule has 0 aliphatic heterocycles. The third-order valence-corrected chi connectivity index (χ3v) is 6.18. The minimum absolute atomic E-state index is 0.0290. The summed E-state index contributed by atoms with van der Waals surface area (Å²) in [5.74, 6) is 2.26. The van der Waals surface area contributed by atoms with Crippen molar-refractivity contribution in [1.29, 1.82) is 0 Å². The van der Waals surface area contributed by atoms with Crippen LogP contribution in [0.1, 0.15) is 69.7 Å². The molecule has 2 aromatic carbocycles. The molecule has 1 aliphatic carbocycles. The third kappa shape index (κ3) is 4.54. The summed E-state index contributed by atoms with van der Waals surface area (Å²) in [5, 5.41) is 5.23. The molecule has 6 nitrogen and oxygen atoms in total. The van der Waals surface area contributed by atoms with Gasteiger partial charge in [0.25, 0.3) is 5.56 Å². The minimum atomic E-state index is -0.139. The number of hydrogen-bond donors (Lipinski definition) is 0. The second kappa shape index (κ2) is 9.98. The van der Waals surface area contributed by atoms with Gasteiger partial charge in [0.05, 0.1) is 30.3 Å². The van der Waals surface area contributed by atoms with E-state index in [1.54, 1.807) is 13.3 Å². The van der Waals surface area contributed by atoms with E-state index in [4.69, 9.17) is 14.5 Å². The van der Waals surface area contributed by atoms with E-state index in [2.05, 4.69) is 12.0 Å². The average Bonchev–Trinajstić information content (AvgIpc) is 2.84. The molecule has 1 aliphatic rings. The lowest BCUT2D eigenvalue weighted by atomic mass is 9.88. The Labute approximate surface area is 188 Å². The second-order valence-electron chi connectivity index (χ2n) is 8.40. The molecule has 0 radical (unpaired) electrons. The molecular formula is C26H31N3O3. The van der Waals surface area contributed by atoms with Crippen LogP contribution in [0.4, 0.5) is 0 Å². The highest BCUT2D eigenvalue weighted by Crippen LogP contribution is 2.33. The van der Waals surface area contributed by atoms with E-state index in [0.717, 1.165) is 49.0 Å². The van der Waals surface area contributed by atoms with E-state index in [0.29, 0.717) is 16.9 Å². The molecule has 1 saturated carbocycles. The molecule has 0 saturated heterocycles. The molecule has 168 valence electrons. The summed E-state index contributed by atoms with van der Waals surface area (Å²) in [5.41, 5.74) is 1.35. The van der Waals surface area contributed by atoms with E-state index >= 15 is 0 Å². The first-order chi connectivity index (χ1) is 15.6. The van der Waals surface area contributed by atoms with Crippen molar-refractivity contribution in [2.24, 2.45) is 5.10 Å². The maximum atomic E-state index is 13.4. The van der Waals surface area contributed by atoms with Crippen LogP contribution in [-0.4, -0.2) is 29.1 Å². The molecule has 0 amide bonds. The van der Waals surface area contributed by atoms with Gasteiger partial charge in [-0.2, -0.15) is 9.78 Å². The van der Waals surface area contributed by atoms with Crippen molar-refractivity contribution in [1.82, 2.24) is 9.66 Å². The minimum Gasteiger partial charge on any atom is -0.493 e. The van der Waals surface area contributed by atoms with Gasteiger partial charge >= 0.3 is 0 Å². The smallest absolute Gasteiger partial charge is 0.282 e. The van der Waals surface area contributed by atoms with Gasteiger partial charge in [0.15, 0.2) is 11.5 Å². The number of benzene rings is 2. The van der Waals surface area contributed by atoms with E-state index in [1.165, 1.54) is 11.1 Å². The molecule has 1 aromatic heterocycles. The fraction of sp³-hybridized carbons (Fsp3) is 0.423. The number of aromatic nitrogens is 2. The van der Waals surface area contributed by atoms with Gasteiger partial charge in [-0.3, -0.25) is 4.79 Å². The highest BCUT2D eigenvalue weighted by molar-refractivity contribution is 5.85. The molecular weight excluding hydrogens is 402 g/mol. The standard InChI is InChI=1S/C26H31N3O3/c1-4-18(2)32-24-20(13-10-16-23(24)31-3)17-27-29-25(19-11-6-5-7-12-19)28-22-15-9-8-14-21(22)26(29)30/h8-10,13-19H,4-7,11-12H2,1-3H3/t18-/m1/s1. The van der Waals surface area contributed by atoms with Gasteiger partial charge < -0.3 is 9.47 Å². The number of rotatable bonds is 7. The zero-order valence-electron chi connectivity index (χ0n) is 19.1. The van der Waals surface area contributed by atoms with Gasteiger partial charge in [0.2, 0.25) is 0 Å². The van der Waals surface area contributed by atoms with E-state index in [9.17, 15) is 4.79 Å². The molecule has 0 spiro atoms. The lowest BCUT2D eigenvalue weighted by molar-refractivity contribution is 0.207. The van der Waals surface area contributed by atoms with Crippen molar-refractivity contribution in [3.05, 3.63) is 64.2 Å². The quantitative estimate of drug-likeness (QED) is 0.461. The molecule has 3 aromatic rings. The monoisotopic (exact) mass is 433 g/mol. The Hall–Kier alpha value is -3.15. The summed E-state index contributed by atoms with van der Waals surface area (Å²) in [4.78, 5) is 18.3. The number of methoxy groups -OCH3 is 1. The Morgan fingerprint density at radius 3 is 2.69 bits per heavy atom. The van der Waals surface area contributed by atoms with Crippen LogP contribution in [-0.2, 0) is 0 Å². The molecule has 0 N–H and O–H groups in total. The summed E-state index contributed by atoms with van der Waals surface area (Å²) in [6, 6.07) is 13.2. The predicted molar refractivity (Wildman–Crippen MR) is 128 cm³/mol. The normalized spacial score (nSPS) is 15.8. The van der Waals surface area contributed by atoms with Crippen molar-refractivity contribution in [3.8, 4) is 11.5 Å². The van der Waals surface area contributed by atoms with Crippen LogP contribution in [0.3, 0.4) is 0 Å². The van der Waals surface area contributed by atoms with Gasteiger partial charge in [-0.15, -0.1) is 0 Å². The van der Waals surface area contributed by atoms with Gasteiger partial charge in [-0.1, -0.05) is 44.4 Å². The van der Waals surface area contributed by atoms with Crippen LogP contribution < -0.4 is 15.0 Å². The first-order valence-electron chi connectivity index (χ1n) is 11.5. The predicted octanol–water partition coefficient (Wildman–Crippen LogP) is 5.51. The van der Waals surface area contributed by atoms with E-state index < -0.39 is 0 Å². The van der Waals surface area contributed by atoms with Crippen molar-refractivity contribution in [3.63, 3.8) is 0 Å². The first kappa shape index (κ1) is 22.1. The van der Waals surface area contributed by atoms with Crippen molar-refractivity contribution < 1.29 is 9.47 Å². The van der Waals surface area contributed by atoms with Gasteiger partial charge in [0.1, 0.15) is 5.82 Å². The number of ether oxygens (including phenoxy) is 2. The zero-order valence-corrected chi connectivity index (χ0v) is 19.1. The molecule has 6 heteroatoms.